The lowest BCUT2D eigenvalue weighted by atomic mass is 10.1. The summed E-state index contributed by atoms with van der Waals surface area (Å²) < 4.78 is 10.9. The average molecular weight is 232 g/mol. The number of benzene rings is 1. The summed E-state index contributed by atoms with van der Waals surface area (Å²) in [5.74, 6) is 0.0285. The lowest BCUT2D eigenvalue weighted by Gasteiger charge is -2.09. The zero-order chi connectivity index (χ0) is 12.1. The van der Waals surface area contributed by atoms with E-state index in [0.29, 0.717) is 19.6 Å². The van der Waals surface area contributed by atoms with Gasteiger partial charge in [-0.2, -0.15) is 0 Å². The maximum absolute atomic E-state index is 11.8. The first-order valence-electron chi connectivity index (χ1n) is 5.73. The smallest absolute Gasteiger partial charge is 0.192 e. The number of hydrogen-bond donors (Lipinski definition) is 0. The molecule has 0 radical (unpaired) electrons. The molecule has 1 heterocycles. The molecule has 0 amide bonds. The molecule has 3 nitrogen and oxygen atoms in total. The van der Waals surface area contributed by atoms with Crippen LogP contribution in [0.5, 0.6) is 0 Å². The van der Waals surface area contributed by atoms with Crippen molar-refractivity contribution in [2.75, 3.05) is 6.61 Å². The zero-order valence-corrected chi connectivity index (χ0v) is 9.67. The van der Waals surface area contributed by atoms with Gasteiger partial charge in [0.15, 0.2) is 5.78 Å². The molecule has 1 saturated heterocycles. The molecule has 2 atom stereocenters. The highest BCUT2D eigenvalue weighted by Crippen LogP contribution is 2.17. The number of carbonyl (C=O) groups is 1. The maximum atomic E-state index is 11.8. The van der Waals surface area contributed by atoms with E-state index in [0.717, 1.165) is 5.56 Å². The van der Waals surface area contributed by atoms with Crippen LogP contribution in [0.4, 0.5) is 0 Å². The van der Waals surface area contributed by atoms with Crippen molar-refractivity contribution in [1.29, 1.82) is 0 Å². The second-order valence-corrected chi connectivity index (χ2v) is 4.03. The van der Waals surface area contributed by atoms with Crippen molar-refractivity contribution < 1.29 is 14.3 Å². The zero-order valence-electron chi connectivity index (χ0n) is 9.67. The summed E-state index contributed by atoms with van der Waals surface area (Å²) in [5.41, 5.74) is 1.06. The van der Waals surface area contributed by atoms with E-state index in [1.165, 1.54) is 0 Å². The van der Waals surface area contributed by atoms with Crippen LogP contribution in [0.25, 0.3) is 0 Å². The van der Waals surface area contributed by atoms with E-state index in [1.54, 1.807) is 6.08 Å². The Morgan fingerprint density at radius 3 is 2.88 bits per heavy atom. The minimum absolute atomic E-state index is 0.0285. The van der Waals surface area contributed by atoms with Crippen LogP contribution < -0.4 is 0 Å². The summed E-state index contributed by atoms with van der Waals surface area (Å²) in [6, 6.07) is 9.80. The summed E-state index contributed by atoms with van der Waals surface area (Å²) in [7, 11) is 0. The second kappa shape index (κ2) is 5.75. The third-order valence-electron chi connectivity index (χ3n) is 2.76. The summed E-state index contributed by atoms with van der Waals surface area (Å²) in [5, 5.41) is 0. The van der Waals surface area contributed by atoms with Crippen molar-refractivity contribution >= 4 is 5.78 Å². The Morgan fingerprint density at radius 1 is 1.41 bits per heavy atom. The van der Waals surface area contributed by atoms with Crippen LogP contribution in [-0.4, -0.2) is 24.6 Å². The summed E-state index contributed by atoms with van der Waals surface area (Å²) in [6.07, 6.45) is 1.46. The summed E-state index contributed by atoms with van der Waals surface area (Å²) in [4.78, 5) is 11.8. The quantitative estimate of drug-likeness (QED) is 0.729. The Labute approximate surface area is 101 Å². The van der Waals surface area contributed by atoms with Gasteiger partial charge in [-0.05, 0) is 12.0 Å². The molecule has 0 bridgehead atoms. The van der Waals surface area contributed by atoms with Crippen LogP contribution in [0.2, 0.25) is 0 Å². The number of ether oxygens (including phenoxy) is 2. The number of ketones is 1. The number of rotatable bonds is 5. The number of carbonyl (C=O) groups excluding carboxylic acids is 1. The lowest BCUT2D eigenvalue weighted by molar-refractivity contribution is -0.129. The first kappa shape index (κ1) is 12.0. The highest BCUT2D eigenvalue weighted by atomic mass is 16.6. The van der Waals surface area contributed by atoms with Gasteiger partial charge in [-0.3, -0.25) is 4.79 Å². The van der Waals surface area contributed by atoms with Gasteiger partial charge >= 0.3 is 0 Å². The molecule has 0 aromatic heterocycles. The van der Waals surface area contributed by atoms with Crippen molar-refractivity contribution in [3.05, 3.63) is 48.6 Å². The normalized spacial score (nSPS) is 23.9. The summed E-state index contributed by atoms with van der Waals surface area (Å²) in [6.45, 7) is 4.40. The van der Waals surface area contributed by atoms with E-state index in [2.05, 4.69) is 6.58 Å². The highest BCUT2D eigenvalue weighted by Gasteiger charge is 2.34. The molecule has 1 aliphatic heterocycles. The fourth-order valence-electron chi connectivity index (χ4n) is 1.81. The van der Waals surface area contributed by atoms with E-state index < -0.39 is 6.10 Å². The topological polar surface area (TPSA) is 35.5 Å². The molecule has 0 aliphatic carbocycles. The van der Waals surface area contributed by atoms with Crippen LogP contribution in [-0.2, 0) is 20.9 Å². The number of hydrogen-bond acceptors (Lipinski definition) is 3. The highest BCUT2D eigenvalue weighted by molar-refractivity contribution is 5.89. The van der Waals surface area contributed by atoms with Crippen molar-refractivity contribution in [3.8, 4) is 0 Å². The van der Waals surface area contributed by atoms with Crippen LogP contribution in [0, 0.1) is 0 Å². The van der Waals surface area contributed by atoms with E-state index in [4.69, 9.17) is 9.47 Å². The van der Waals surface area contributed by atoms with Gasteiger partial charge in [0.05, 0.1) is 13.2 Å². The molecule has 1 aliphatic rings. The Morgan fingerprint density at radius 2 is 2.18 bits per heavy atom. The van der Waals surface area contributed by atoms with Gasteiger partial charge in [0.1, 0.15) is 12.2 Å². The third kappa shape index (κ3) is 3.02. The van der Waals surface area contributed by atoms with Crippen molar-refractivity contribution in [3.63, 3.8) is 0 Å². The van der Waals surface area contributed by atoms with E-state index in [1.807, 2.05) is 30.3 Å². The van der Waals surface area contributed by atoms with E-state index >= 15 is 0 Å². The second-order valence-electron chi connectivity index (χ2n) is 4.03. The Balaban J connectivity index is 1.85. The largest absolute Gasteiger partial charge is 0.367 e. The van der Waals surface area contributed by atoms with Crippen molar-refractivity contribution in [2.24, 2.45) is 0 Å². The fraction of sp³-hybridized carbons (Fsp3) is 0.357. The van der Waals surface area contributed by atoms with Crippen molar-refractivity contribution in [1.82, 2.24) is 0 Å². The molecule has 17 heavy (non-hydrogen) atoms. The third-order valence-corrected chi connectivity index (χ3v) is 2.76. The molecule has 0 N–H and O–H groups in total. The molecule has 2 rings (SSSR count). The molecule has 0 saturated carbocycles. The molecule has 1 fully saturated rings. The van der Waals surface area contributed by atoms with Crippen LogP contribution in [0.1, 0.15) is 12.0 Å². The SMILES string of the molecule is C=CC[C@@H]1OC[C@H](OCc2ccccc2)C1=O. The molecule has 3 heteroatoms. The standard InChI is InChI=1S/C14H16O3/c1-2-6-12-14(15)13(10-17-12)16-9-11-7-4-3-5-8-11/h2-5,7-8,12-13H,1,6,9-10H2/t12-,13-/m0/s1. The molecule has 1 aromatic rings. The van der Waals surface area contributed by atoms with Gasteiger partial charge in [0, 0.05) is 0 Å². The molecular weight excluding hydrogens is 216 g/mol. The predicted octanol–water partition coefficient (Wildman–Crippen LogP) is 2.12. The van der Waals surface area contributed by atoms with E-state index in [-0.39, 0.29) is 11.9 Å². The molecule has 1 aromatic carbocycles. The predicted molar refractivity (Wildman–Crippen MR) is 64.6 cm³/mol. The van der Waals surface area contributed by atoms with Crippen molar-refractivity contribution in [2.45, 2.75) is 25.2 Å². The maximum Gasteiger partial charge on any atom is 0.192 e. The van der Waals surface area contributed by atoms with Gasteiger partial charge in [-0.1, -0.05) is 36.4 Å². The molecule has 0 unspecified atom stereocenters. The monoisotopic (exact) mass is 232 g/mol. The minimum Gasteiger partial charge on any atom is -0.367 e. The minimum atomic E-state index is -0.430. The van der Waals surface area contributed by atoms with Gasteiger partial charge in [-0.15, -0.1) is 6.58 Å². The Hall–Kier alpha value is -1.45. The van der Waals surface area contributed by atoms with Gasteiger partial charge in [0.25, 0.3) is 0 Å². The first-order valence-corrected chi connectivity index (χ1v) is 5.73. The lowest BCUT2D eigenvalue weighted by Crippen LogP contribution is -2.26. The number of Topliss-reactive ketones (excluding diaryl/α,β-unsaturated/α-hetero) is 1. The van der Waals surface area contributed by atoms with Gasteiger partial charge in [0.2, 0.25) is 0 Å². The van der Waals surface area contributed by atoms with Crippen LogP contribution in [0.15, 0.2) is 43.0 Å². The van der Waals surface area contributed by atoms with Gasteiger partial charge < -0.3 is 9.47 Å². The van der Waals surface area contributed by atoms with Crippen LogP contribution >= 0.6 is 0 Å². The molecular formula is C14H16O3. The van der Waals surface area contributed by atoms with Gasteiger partial charge in [-0.25, -0.2) is 0 Å². The molecule has 0 spiro atoms. The molecule has 90 valence electrons. The Bertz CT molecular complexity index is 386. The fourth-order valence-corrected chi connectivity index (χ4v) is 1.81. The van der Waals surface area contributed by atoms with Crippen LogP contribution in [0.3, 0.4) is 0 Å². The Kier molecular flexibility index (Phi) is 4.07. The summed E-state index contributed by atoms with van der Waals surface area (Å²) >= 11 is 0. The average Bonchev–Trinajstić information content (AvgIpc) is 2.70. The first-order chi connectivity index (χ1) is 8.31. The van der Waals surface area contributed by atoms with E-state index in [9.17, 15) is 4.79 Å².